The van der Waals surface area contributed by atoms with Gasteiger partial charge in [0, 0.05) is 0 Å². The number of aliphatic hydroxyl groups is 11. The zero-order valence-corrected chi connectivity index (χ0v) is 46.3. The highest BCUT2D eigenvalue weighted by Crippen LogP contribution is 2.48. The van der Waals surface area contributed by atoms with Gasteiger partial charge in [-0.2, -0.15) is 0 Å². The molecule has 2 rings (SSSR count). The molecule has 20 heteroatoms. The molecule has 0 aromatic rings. The number of hydrogen-bond donors (Lipinski definition) is 13. The van der Waals surface area contributed by atoms with Crippen molar-refractivity contribution < 1.29 is 88.9 Å². The van der Waals surface area contributed by atoms with Gasteiger partial charge in [-0.15, -0.1) is 0 Å². The highest BCUT2D eigenvalue weighted by atomic mass is 31.2. The van der Waals surface area contributed by atoms with Crippen LogP contribution in [0.2, 0.25) is 0 Å². The maximum absolute atomic E-state index is 13.6. The van der Waals surface area contributed by atoms with Crippen molar-refractivity contribution in [3.63, 3.8) is 0 Å². The summed E-state index contributed by atoms with van der Waals surface area (Å²) in [6, 6.07) is -1.58. The van der Waals surface area contributed by atoms with E-state index in [-0.39, 0.29) is 12.8 Å². The number of hydrogen-bond acceptors (Lipinski definition) is 17. The summed E-state index contributed by atoms with van der Waals surface area (Å²) in [6.07, 6.45) is 10.2. The summed E-state index contributed by atoms with van der Waals surface area (Å²) in [7, 11) is -5.49. The molecular formula is C54H106NO18P. The fourth-order valence-electron chi connectivity index (χ4n) is 10.0. The quantitative estimate of drug-likeness (QED) is 0.0245. The predicted molar refractivity (Wildman–Crippen MR) is 282 cm³/mol. The molecule has 16 atom stereocenters. The first-order chi connectivity index (χ1) is 35.5. The zero-order chi connectivity index (χ0) is 54.7. The Morgan fingerprint density at radius 1 is 0.514 bits per heavy atom. The number of carbonyl (C=O) groups excluding carboxylic acids is 1. The van der Waals surface area contributed by atoms with Crippen molar-refractivity contribution in [1.29, 1.82) is 0 Å². The second kappa shape index (κ2) is 41.1. The van der Waals surface area contributed by atoms with E-state index in [1.165, 1.54) is 135 Å². The van der Waals surface area contributed by atoms with Crippen LogP contribution in [-0.2, 0) is 27.9 Å². The number of unbranched alkanes of at least 4 members (excludes halogenated alkanes) is 30. The van der Waals surface area contributed by atoms with Gasteiger partial charge in [0.15, 0.2) is 6.29 Å². The molecule has 8 unspecified atom stereocenters. The standard InChI is InChI=1S/C54H106NO18P/c1-3-5-7-9-11-13-15-17-19-20-21-22-24-26-28-30-32-34-36-41(58)53(67)55-39(43(59)40(57)35-33-31-29-27-25-23-18-16-14-12-10-8-6-4-2)38-70-74(68,69)73-52-49(65)47(63)46(62)48(64)51(52)72-54-50(66)45(61)44(60)42(37-56)71-54/h39-52,54,56-66H,3-38H2,1-2H3,(H,55,67)(H,68,69)/t39-,40+,41?,42+,43-,44+,45?,46?,47?,48+,49?,50?,51?,52-,54+/m0/s1. The number of ether oxygens (including phenoxy) is 2. The largest absolute Gasteiger partial charge is 0.472 e. The first-order valence-electron chi connectivity index (χ1n) is 29.2. The van der Waals surface area contributed by atoms with Crippen LogP contribution in [0.5, 0.6) is 0 Å². The molecule has 1 saturated carbocycles. The molecule has 0 radical (unpaired) electrons. The smallest absolute Gasteiger partial charge is 0.394 e. The van der Waals surface area contributed by atoms with E-state index >= 15 is 0 Å². The number of aliphatic hydroxyl groups excluding tert-OH is 11. The summed E-state index contributed by atoms with van der Waals surface area (Å²) in [4.78, 5) is 24.3. The molecule has 2 aliphatic rings. The minimum absolute atomic E-state index is 0.101. The molecular weight excluding hydrogens is 982 g/mol. The van der Waals surface area contributed by atoms with Gasteiger partial charge in [0.25, 0.3) is 0 Å². The Balaban J connectivity index is 1.96. The van der Waals surface area contributed by atoms with Crippen molar-refractivity contribution in [3.05, 3.63) is 0 Å². The summed E-state index contributed by atoms with van der Waals surface area (Å²) >= 11 is 0. The van der Waals surface area contributed by atoms with Crippen molar-refractivity contribution in [1.82, 2.24) is 5.32 Å². The topological polar surface area (TPSA) is 326 Å². The predicted octanol–water partition coefficient (Wildman–Crippen LogP) is 6.00. The van der Waals surface area contributed by atoms with Crippen LogP contribution >= 0.6 is 7.82 Å². The number of nitrogens with one attached hydrogen (secondary N) is 1. The molecule has 13 N–H and O–H groups in total. The average molecular weight is 1090 g/mol. The van der Waals surface area contributed by atoms with E-state index in [1.54, 1.807) is 0 Å². The van der Waals surface area contributed by atoms with Gasteiger partial charge in [0.2, 0.25) is 5.91 Å². The summed E-state index contributed by atoms with van der Waals surface area (Å²) in [5.74, 6) is -0.919. The SMILES string of the molecule is CCCCCCCCCCCCCCCCCCCCC(O)C(=O)N[C@@H](COP(=O)(O)O[C@H]1C(O)C(O)C(O)[C@@H](O)C1O[C@H]1O[C@H](CO)[C@@H](O)C(O)C1O)[C@H](O)[C@H](O)CCCCCCCCCCCCCCCC. The normalized spacial score (nSPS) is 27.9. The van der Waals surface area contributed by atoms with Gasteiger partial charge in [-0.05, 0) is 12.8 Å². The fraction of sp³-hybridized carbons (Fsp3) is 0.981. The number of carbonyl (C=O) groups is 1. The Bertz CT molecular complexity index is 1420. The lowest BCUT2D eigenvalue weighted by Gasteiger charge is -2.47. The lowest BCUT2D eigenvalue weighted by molar-refractivity contribution is -0.338. The molecule has 0 aromatic heterocycles. The molecule has 0 bridgehead atoms. The maximum Gasteiger partial charge on any atom is 0.472 e. The number of phosphoric ester groups is 1. The summed E-state index contributed by atoms with van der Waals surface area (Å²) in [5.41, 5.74) is 0. The van der Waals surface area contributed by atoms with Crippen molar-refractivity contribution in [3.8, 4) is 0 Å². The fourth-order valence-corrected chi connectivity index (χ4v) is 11.0. The lowest BCUT2D eigenvalue weighted by Crippen LogP contribution is -2.67. The highest BCUT2D eigenvalue weighted by molar-refractivity contribution is 7.47. The second-order valence-corrected chi connectivity index (χ2v) is 22.9. The molecule has 1 heterocycles. The Hall–Kier alpha value is -0.940. The van der Waals surface area contributed by atoms with Crippen LogP contribution in [0, 0.1) is 0 Å². The van der Waals surface area contributed by atoms with E-state index in [0.717, 1.165) is 57.8 Å². The van der Waals surface area contributed by atoms with Gasteiger partial charge in [0.05, 0.1) is 25.4 Å². The van der Waals surface area contributed by atoms with Gasteiger partial charge >= 0.3 is 7.82 Å². The van der Waals surface area contributed by atoms with E-state index in [9.17, 15) is 70.4 Å². The van der Waals surface area contributed by atoms with Crippen LogP contribution in [0.1, 0.15) is 232 Å². The van der Waals surface area contributed by atoms with E-state index in [2.05, 4.69) is 19.2 Å². The molecule has 19 nitrogen and oxygen atoms in total. The number of amides is 1. The number of rotatable bonds is 46. The monoisotopic (exact) mass is 1090 g/mol. The van der Waals surface area contributed by atoms with Crippen LogP contribution in [-0.4, -0.2) is 172 Å². The Morgan fingerprint density at radius 2 is 0.878 bits per heavy atom. The average Bonchev–Trinajstić information content (AvgIpc) is 3.38. The van der Waals surface area contributed by atoms with Crippen molar-refractivity contribution in [2.24, 2.45) is 0 Å². The molecule has 74 heavy (non-hydrogen) atoms. The van der Waals surface area contributed by atoms with E-state index < -0.39 is 119 Å². The van der Waals surface area contributed by atoms with Crippen molar-refractivity contribution in [2.45, 2.75) is 324 Å². The van der Waals surface area contributed by atoms with Crippen LogP contribution < -0.4 is 5.32 Å². The Kier molecular flexibility index (Phi) is 38.4. The Labute approximate surface area is 443 Å². The molecule has 1 saturated heterocycles. The molecule has 1 aliphatic carbocycles. The first kappa shape index (κ1) is 69.2. The highest BCUT2D eigenvalue weighted by Gasteiger charge is 2.55. The van der Waals surface area contributed by atoms with Crippen molar-refractivity contribution in [2.75, 3.05) is 13.2 Å². The van der Waals surface area contributed by atoms with Crippen LogP contribution in [0.15, 0.2) is 0 Å². The third kappa shape index (κ3) is 27.8. The molecule has 0 spiro atoms. The van der Waals surface area contributed by atoms with Crippen LogP contribution in [0.4, 0.5) is 0 Å². The maximum atomic E-state index is 13.6. The van der Waals surface area contributed by atoms with Gasteiger partial charge in [-0.25, -0.2) is 4.57 Å². The Morgan fingerprint density at radius 3 is 1.28 bits per heavy atom. The molecule has 440 valence electrons. The summed E-state index contributed by atoms with van der Waals surface area (Å²) < 4.78 is 34.8. The minimum atomic E-state index is -5.49. The van der Waals surface area contributed by atoms with E-state index in [0.29, 0.717) is 12.8 Å². The summed E-state index contributed by atoms with van der Waals surface area (Å²) in [6.45, 7) is 2.60. The molecule has 2 fully saturated rings. The second-order valence-electron chi connectivity index (χ2n) is 21.5. The molecule has 1 amide bonds. The number of phosphoric acid groups is 1. The van der Waals surface area contributed by atoms with Gasteiger partial charge < -0.3 is 75.9 Å². The summed E-state index contributed by atoms with van der Waals surface area (Å²) in [5, 5.41) is 119. The third-order valence-electron chi connectivity index (χ3n) is 15.0. The molecule has 0 aromatic carbocycles. The lowest BCUT2D eigenvalue weighted by atomic mass is 9.84. The zero-order valence-electron chi connectivity index (χ0n) is 45.4. The van der Waals surface area contributed by atoms with E-state index in [4.69, 9.17) is 18.5 Å². The minimum Gasteiger partial charge on any atom is -0.394 e. The van der Waals surface area contributed by atoms with Gasteiger partial charge in [-0.3, -0.25) is 13.8 Å². The third-order valence-corrected chi connectivity index (χ3v) is 16.0. The van der Waals surface area contributed by atoms with Crippen LogP contribution in [0.3, 0.4) is 0 Å². The van der Waals surface area contributed by atoms with Gasteiger partial charge in [-0.1, -0.05) is 219 Å². The van der Waals surface area contributed by atoms with Crippen LogP contribution in [0.25, 0.3) is 0 Å². The molecule has 1 aliphatic heterocycles. The first-order valence-corrected chi connectivity index (χ1v) is 30.7. The van der Waals surface area contributed by atoms with E-state index in [1.807, 2.05) is 0 Å². The van der Waals surface area contributed by atoms with Crippen molar-refractivity contribution >= 4 is 13.7 Å². The van der Waals surface area contributed by atoms with Gasteiger partial charge in [0.1, 0.15) is 73.2 Å².